The first-order chi connectivity index (χ1) is 8.56. The lowest BCUT2D eigenvalue weighted by molar-refractivity contribution is 0.884. The maximum atomic E-state index is 5.89. The highest BCUT2D eigenvalue weighted by Crippen LogP contribution is 2.22. The number of hydrogen-bond donors (Lipinski definition) is 1. The Morgan fingerprint density at radius 2 is 1.61 bits per heavy atom. The van der Waals surface area contributed by atoms with Gasteiger partial charge in [-0.05, 0) is 61.7 Å². The van der Waals surface area contributed by atoms with Crippen molar-refractivity contribution >= 4 is 17.3 Å². The van der Waals surface area contributed by atoms with Gasteiger partial charge in [-0.3, -0.25) is 0 Å². The zero-order chi connectivity index (χ0) is 13.1. The summed E-state index contributed by atoms with van der Waals surface area (Å²) in [6.45, 7) is 6.41. The van der Waals surface area contributed by atoms with Crippen LogP contribution in [0.1, 0.15) is 29.7 Å². The molecule has 0 heterocycles. The molecule has 2 heteroatoms. The maximum absolute atomic E-state index is 5.89. The Labute approximate surface area is 114 Å². The van der Waals surface area contributed by atoms with Crippen molar-refractivity contribution in [3.05, 3.63) is 64.2 Å². The van der Waals surface area contributed by atoms with Gasteiger partial charge in [0.25, 0.3) is 0 Å². The van der Waals surface area contributed by atoms with Crippen LogP contribution >= 0.6 is 11.6 Å². The monoisotopic (exact) mass is 259 g/mol. The molecule has 0 fully saturated rings. The zero-order valence-corrected chi connectivity index (χ0v) is 11.8. The summed E-state index contributed by atoms with van der Waals surface area (Å²) in [6, 6.07) is 14.7. The van der Waals surface area contributed by atoms with Gasteiger partial charge < -0.3 is 5.32 Å². The lowest BCUT2D eigenvalue weighted by Crippen LogP contribution is -2.06. The normalized spacial score (nSPS) is 12.2. The van der Waals surface area contributed by atoms with Crippen molar-refractivity contribution in [3.63, 3.8) is 0 Å². The lowest BCUT2D eigenvalue weighted by atomic mass is 10.1. The number of anilines is 1. The molecule has 0 aliphatic rings. The Bertz CT molecular complexity index is 531. The fraction of sp³-hybridized carbons (Fsp3) is 0.250. The predicted molar refractivity (Wildman–Crippen MR) is 79.4 cm³/mol. The highest BCUT2D eigenvalue weighted by atomic mass is 35.5. The standard InChI is InChI=1S/C16H18ClN/c1-11-4-9-16(10-12(11)2)18-13(3)14-5-7-15(17)8-6-14/h4-10,13,18H,1-3H3. The second kappa shape index (κ2) is 5.45. The Morgan fingerprint density at radius 1 is 0.944 bits per heavy atom. The van der Waals surface area contributed by atoms with Crippen LogP contribution < -0.4 is 5.32 Å². The van der Waals surface area contributed by atoms with Gasteiger partial charge in [0.2, 0.25) is 0 Å². The summed E-state index contributed by atoms with van der Waals surface area (Å²) in [5.41, 5.74) is 5.01. The maximum Gasteiger partial charge on any atom is 0.0485 e. The van der Waals surface area contributed by atoms with Crippen LogP contribution in [0.4, 0.5) is 5.69 Å². The van der Waals surface area contributed by atoms with Gasteiger partial charge >= 0.3 is 0 Å². The van der Waals surface area contributed by atoms with Crippen LogP contribution in [-0.4, -0.2) is 0 Å². The van der Waals surface area contributed by atoms with Crippen LogP contribution in [0.25, 0.3) is 0 Å². The van der Waals surface area contributed by atoms with E-state index in [1.807, 2.05) is 12.1 Å². The quantitative estimate of drug-likeness (QED) is 0.806. The molecule has 2 aromatic rings. The molecule has 18 heavy (non-hydrogen) atoms. The minimum atomic E-state index is 0.268. The van der Waals surface area contributed by atoms with Crippen LogP contribution in [0, 0.1) is 13.8 Å². The molecule has 2 aromatic carbocycles. The first-order valence-corrected chi connectivity index (χ1v) is 6.53. The van der Waals surface area contributed by atoms with E-state index in [4.69, 9.17) is 11.6 Å². The van der Waals surface area contributed by atoms with E-state index in [0.29, 0.717) is 0 Å². The molecule has 94 valence electrons. The van der Waals surface area contributed by atoms with Gasteiger partial charge in [-0.1, -0.05) is 29.8 Å². The van der Waals surface area contributed by atoms with Gasteiger partial charge in [0.15, 0.2) is 0 Å². The molecule has 0 amide bonds. The van der Waals surface area contributed by atoms with Gasteiger partial charge in [0, 0.05) is 16.8 Å². The van der Waals surface area contributed by atoms with Crippen molar-refractivity contribution in [3.8, 4) is 0 Å². The Hall–Kier alpha value is -1.47. The number of rotatable bonds is 3. The summed E-state index contributed by atoms with van der Waals surface area (Å²) < 4.78 is 0. The molecule has 1 N–H and O–H groups in total. The summed E-state index contributed by atoms with van der Waals surface area (Å²) in [4.78, 5) is 0. The van der Waals surface area contributed by atoms with Crippen molar-refractivity contribution in [2.24, 2.45) is 0 Å². The summed E-state index contributed by atoms with van der Waals surface area (Å²) in [5.74, 6) is 0. The Balaban J connectivity index is 2.13. The average molecular weight is 260 g/mol. The molecule has 1 atom stereocenters. The van der Waals surface area contributed by atoms with Crippen molar-refractivity contribution in [1.29, 1.82) is 0 Å². The third-order valence-corrected chi connectivity index (χ3v) is 3.51. The van der Waals surface area contributed by atoms with E-state index in [0.717, 1.165) is 10.7 Å². The summed E-state index contributed by atoms with van der Waals surface area (Å²) in [6.07, 6.45) is 0. The van der Waals surface area contributed by atoms with E-state index in [1.54, 1.807) is 0 Å². The van der Waals surface area contributed by atoms with E-state index < -0.39 is 0 Å². The lowest BCUT2D eigenvalue weighted by Gasteiger charge is -2.16. The molecule has 0 radical (unpaired) electrons. The van der Waals surface area contributed by atoms with Crippen molar-refractivity contribution < 1.29 is 0 Å². The molecule has 0 bridgehead atoms. The molecular weight excluding hydrogens is 242 g/mol. The number of nitrogens with one attached hydrogen (secondary N) is 1. The Kier molecular flexibility index (Phi) is 3.93. The second-order valence-electron chi connectivity index (χ2n) is 4.72. The Morgan fingerprint density at radius 3 is 2.22 bits per heavy atom. The SMILES string of the molecule is Cc1ccc(NC(C)c2ccc(Cl)cc2)cc1C. The number of benzene rings is 2. The molecule has 1 nitrogen and oxygen atoms in total. The molecule has 0 spiro atoms. The van der Waals surface area contributed by atoms with Crippen LogP contribution in [0.3, 0.4) is 0 Å². The highest BCUT2D eigenvalue weighted by molar-refractivity contribution is 6.30. The summed E-state index contributed by atoms with van der Waals surface area (Å²) >= 11 is 5.89. The van der Waals surface area contributed by atoms with Crippen molar-refractivity contribution in [2.75, 3.05) is 5.32 Å². The zero-order valence-electron chi connectivity index (χ0n) is 11.0. The molecule has 0 saturated heterocycles. The minimum Gasteiger partial charge on any atom is -0.379 e. The van der Waals surface area contributed by atoms with Crippen LogP contribution in [-0.2, 0) is 0 Å². The van der Waals surface area contributed by atoms with Crippen molar-refractivity contribution in [1.82, 2.24) is 0 Å². The van der Waals surface area contributed by atoms with Crippen molar-refractivity contribution in [2.45, 2.75) is 26.8 Å². The summed E-state index contributed by atoms with van der Waals surface area (Å²) in [7, 11) is 0. The molecule has 0 aliphatic carbocycles. The molecule has 1 unspecified atom stereocenters. The molecule has 0 aliphatic heterocycles. The van der Waals surface area contributed by atoms with Gasteiger partial charge in [-0.15, -0.1) is 0 Å². The van der Waals surface area contributed by atoms with E-state index in [-0.39, 0.29) is 6.04 Å². The van der Waals surface area contributed by atoms with Gasteiger partial charge in [0.05, 0.1) is 0 Å². The van der Waals surface area contributed by atoms with Gasteiger partial charge in [-0.25, -0.2) is 0 Å². The molecule has 0 saturated carbocycles. The largest absolute Gasteiger partial charge is 0.379 e. The van der Waals surface area contributed by atoms with E-state index >= 15 is 0 Å². The van der Waals surface area contributed by atoms with Gasteiger partial charge in [-0.2, -0.15) is 0 Å². The topological polar surface area (TPSA) is 12.0 Å². The molecular formula is C16H18ClN. The number of halogens is 1. The highest BCUT2D eigenvalue weighted by Gasteiger charge is 2.05. The minimum absolute atomic E-state index is 0.268. The predicted octanol–water partition coefficient (Wildman–Crippen LogP) is 5.13. The van der Waals surface area contributed by atoms with Crippen LogP contribution in [0.15, 0.2) is 42.5 Å². The van der Waals surface area contributed by atoms with Crippen LogP contribution in [0.5, 0.6) is 0 Å². The molecule has 2 rings (SSSR count). The average Bonchev–Trinajstić information content (AvgIpc) is 2.34. The third kappa shape index (κ3) is 3.05. The van der Waals surface area contributed by atoms with Gasteiger partial charge in [0.1, 0.15) is 0 Å². The van der Waals surface area contributed by atoms with E-state index in [2.05, 4.69) is 56.4 Å². The fourth-order valence-electron chi connectivity index (χ4n) is 1.92. The third-order valence-electron chi connectivity index (χ3n) is 3.26. The van der Waals surface area contributed by atoms with Crippen LogP contribution in [0.2, 0.25) is 5.02 Å². The van der Waals surface area contributed by atoms with E-state index in [9.17, 15) is 0 Å². The second-order valence-corrected chi connectivity index (χ2v) is 5.15. The smallest absolute Gasteiger partial charge is 0.0485 e. The first-order valence-electron chi connectivity index (χ1n) is 6.15. The summed E-state index contributed by atoms with van der Waals surface area (Å²) in [5, 5.41) is 4.28. The van der Waals surface area contributed by atoms with E-state index in [1.165, 1.54) is 16.7 Å². The molecule has 0 aromatic heterocycles. The first kappa shape index (κ1) is 13.0. The number of aryl methyl sites for hydroxylation is 2. The fourth-order valence-corrected chi connectivity index (χ4v) is 2.04. The number of hydrogen-bond acceptors (Lipinski definition) is 1.